The molecule has 5 heteroatoms. The molecule has 0 aromatic heterocycles. The lowest BCUT2D eigenvalue weighted by Crippen LogP contribution is -2.40. The summed E-state index contributed by atoms with van der Waals surface area (Å²) in [6.07, 6.45) is 0. The van der Waals surface area contributed by atoms with E-state index in [-0.39, 0.29) is 11.9 Å². The van der Waals surface area contributed by atoms with Crippen LogP contribution in [0.25, 0.3) is 0 Å². The van der Waals surface area contributed by atoms with Crippen LogP contribution in [0.4, 0.5) is 0 Å². The largest absolute Gasteiger partial charge is 0.469 e. The maximum absolute atomic E-state index is 12.0. The minimum Gasteiger partial charge on any atom is -0.469 e. The van der Waals surface area contributed by atoms with E-state index in [2.05, 4.69) is 4.90 Å². The van der Waals surface area contributed by atoms with E-state index in [4.69, 9.17) is 21.1 Å². The van der Waals surface area contributed by atoms with Crippen LogP contribution in [-0.4, -0.2) is 50.8 Å². The summed E-state index contributed by atoms with van der Waals surface area (Å²) in [7, 11) is 1.42. The van der Waals surface area contributed by atoms with Crippen molar-refractivity contribution in [3.63, 3.8) is 0 Å². The Labute approximate surface area is 118 Å². The first-order chi connectivity index (χ1) is 9.20. The highest BCUT2D eigenvalue weighted by molar-refractivity contribution is 6.30. The lowest BCUT2D eigenvalue weighted by Gasteiger charge is -2.29. The molecule has 1 aromatic rings. The first-order valence-electron chi connectivity index (χ1n) is 6.34. The van der Waals surface area contributed by atoms with Gasteiger partial charge in [0.25, 0.3) is 0 Å². The third-order valence-corrected chi connectivity index (χ3v) is 3.52. The van der Waals surface area contributed by atoms with E-state index in [0.29, 0.717) is 24.8 Å². The second-order valence-corrected chi connectivity index (χ2v) is 4.98. The van der Waals surface area contributed by atoms with Gasteiger partial charge in [0, 0.05) is 24.7 Å². The summed E-state index contributed by atoms with van der Waals surface area (Å²) in [5.41, 5.74) is 0.894. The van der Waals surface area contributed by atoms with Gasteiger partial charge in [0.15, 0.2) is 0 Å². The number of rotatable bonds is 4. The highest BCUT2D eigenvalue weighted by atomic mass is 35.5. The van der Waals surface area contributed by atoms with Crippen molar-refractivity contribution in [3.05, 3.63) is 34.9 Å². The zero-order valence-electron chi connectivity index (χ0n) is 11.0. The van der Waals surface area contributed by atoms with Gasteiger partial charge < -0.3 is 9.47 Å². The number of carbonyl (C=O) groups excluding carboxylic acids is 1. The van der Waals surface area contributed by atoms with E-state index in [0.717, 1.165) is 18.7 Å². The second-order valence-electron chi connectivity index (χ2n) is 4.54. The zero-order chi connectivity index (χ0) is 13.7. The Balaban J connectivity index is 2.13. The van der Waals surface area contributed by atoms with Crippen molar-refractivity contribution in [2.45, 2.75) is 5.92 Å². The van der Waals surface area contributed by atoms with Crippen molar-refractivity contribution in [3.8, 4) is 0 Å². The summed E-state index contributed by atoms with van der Waals surface area (Å²) in [5, 5.41) is 0.633. The number of hydrogen-bond donors (Lipinski definition) is 0. The Bertz CT molecular complexity index is 432. The van der Waals surface area contributed by atoms with Gasteiger partial charge in [0.1, 0.15) is 0 Å². The van der Waals surface area contributed by atoms with Gasteiger partial charge in [-0.05, 0) is 17.7 Å². The lowest BCUT2D eigenvalue weighted by molar-refractivity contribution is -0.143. The Morgan fingerprint density at radius 1 is 1.47 bits per heavy atom. The molecular weight excluding hydrogens is 266 g/mol. The van der Waals surface area contributed by atoms with Crippen LogP contribution in [0.1, 0.15) is 11.5 Å². The molecule has 0 saturated carbocycles. The van der Waals surface area contributed by atoms with Gasteiger partial charge in [0.2, 0.25) is 0 Å². The molecule has 0 spiro atoms. The van der Waals surface area contributed by atoms with Crippen molar-refractivity contribution >= 4 is 17.6 Å². The van der Waals surface area contributed by atoms with Crippen LogP contribution in [0, 0.1) is 0 Å². The number of ether oxygens (including phenoxy) is 2. The highest BCUT2D eigenvalue weighted by Gasteiger charge is 2.25. The van der Waals surface area contributed by atoms with E-state index in [1.807, 2.05) is 18.2 Å². The quantitative estimate of drug-likeness (QED) is 0.792. The van der Waals surface area contributed by atoms with Crippen molar-refractivity contribution in [1.82, 2.24) is 4.90 Å². The molecule has 1 heterocycles. The van der Waals surface area contributed by atoms with E-state index in [1.54, 1.807) is 6.07 Å². The standard InChI is InChI=1S/C14H18ClNO3/c1-18-14(17)13(10-16-5-7-19-8-6-16)11-3-2-4-12(15)9-11/h2-4,9,13H,5-8,10H2,1H3. The molecule has 0 N–H and O–H groups in total. The topological polar surface area (TPSA) is 38.8 Å². The van der Waals surface area contributed by atoms with Crippen LogP contribution in [0.5, 0.6) is 0 Å². The van der Waals surface area contributed by atoms with E-state index in [9.17, 15) is 4.79 Å². The molecule has 0 amide bonds. The van der Waals surface area contributed by atoms with Crippen LogP contribution < -0.4 is 0 Å². The first kappa shape index (κ1) is 14.3. The van der Waals surface area contributed by atoms with Crippen LogP contribution in [0.15, 0.2) is 24.3 Å². The van der Waals surface area contributed by atoms with E-state index >= 15 is 0 Å². The van der Waals surface area contributed by atoms with Crippen molar-refractivity contribution < 1.29 is 14.3 Å². The summed E-state index contributed by atoms with van der Waals surface area (Å²) in [5.74, 6) is -0.532. The fraction of sp³-hybridized carbons (Fsp3) is 0.500. The molecule has 1 aliphatic rings. The normalized spacial score (nSPS) is 18.0. The molecular formula is C14H18ClNO3. The summed E-state index contributed by atoms with van der Waals surface area (Å²) < 4.78 is 10.2. The van der Waals surface area contributed by atoms with Gasteiger partial charge in [-0.3, -0.25) is 9.69 Å². The first-order valence-corrected chi connectivity index (χ1v) is 6.72. The monoisotopic (exact) mass is 283 g/mol. The maximum atomic E-state index is 12.0. The second kappa shape index (κ2) is 6.89. The zero-order valence-corrected chi connectivity index (χ0v) is 11.7. The fourth-order valence-corrected chi connectivity index (χ4v) is 2.42. The molecule has 4 nitrogen and oxygen atoms in total. The van der Waals surface area contributed by atoms with Gasteiger partial charge in [0.05, 0.1) is 26.2 Å². The van der Waals surface area contributed by atoms with Gasteiger partial charge in [-0.2, -0.15) is 0 Å². The average Bonchev–Trinajstić information content (AvgIpc) is 2.45. The number of nitrogens with zero attached hydrogens (tertiary/aromatic N) is 1. The number of methoxy groups -OCH3 is 1. The predicted molar refractivity (Wildman–Crippen MR) is 73.5 cm³/mol. The Morgan fingerprint density at radius 3 is 2.84 bits per heavy atom. The molecule has 1 saturated heterocycles. The number of carbonyl (C=O) groups is 1. The third kappa shape index (κ3) is 3.93. The minimum absolute atomic E-state index is 0.228. The molecule has 1 fully saturated rings. The molecule has 19 heavy (non-hydrogen) atoms. The van der Waals surface area contributed by atoms with Crippen LogP contribution >= 0.6 is 11.6 Å². The summed E-state index contributed by atoms with van der Waals surface area (Å²) in [6, 6.07) is 7.39. The van der Waals surface area contributed by atoms with Gasteiger partial charge >= 0.3 is 5.97 Å². The number of morpholine rings is 1. The van der Waals surface area contributed by atoms with Crippen LogP contribution in [0.2, 0.25) is 5.02 Å². The smallest absolute Gasteiger partial charge is 0.314 e. The van der Waals surface area contributed by atoms with Crippen molar-refractivity contribution in [1.29, 1.82) is 0 Å². The highest BCUT2D eigenvalue weighted by Crippen LogP contribution is 2.22. The molecule has 1 atom stereocenters. The number of halogens is 1. The SMILES string of the molecule is COC(=O)C(CN1CCOCC1)c1cccc(Cl)c1. The fourth-order valence-electron chi connectivity index (χ4n) is 2.22. The molecule has 1 unspecified atom stereocenters. The van der Waals surface area contributed by atoms with Crippen LogP contribution in [0.3, 0.4) is 0 Å². The Kier molecular flexibility index (Phi) is 5.19. The Hall–Kier alpha value is -1.10. The number of esters is 1. The number of hydrogen-bond acceptors (Lipinski definition) is 4. The summed E-state index contributed by atoms with van der Waals surface area (Å²) >= 11 is 5.99. The lowest BCUT2D eigenvalue weighted by atomic mass is 9.98. The summed E-state index contributed by atoms with van der Waals surface area (Å²) in [6.45, 7) is 3.74. The molecule has 0 aliphatic carbocycles. The third-order valence-electron chi connectivity index (χ3n) is 3.28. The molecule has 1 aromatic carbocycles. The maximum Gasteiger partial charge on any atom is 0.314 e. The van der Waals surface area contributed by atoms with E-state index < -0.39 is 0 Å². The van der Waals surface area contributed by atoms with Crippen molar-refractivity contribution in [2.24, 2.45) is 0 Å². The minimum atomic E-state index is -0.304. The summed E-state index contributed by atoms with van der Waals surface area (Å²) in [4.78, 5) is 14.2. The molecule has 2 rings (SSSR count). The number of benzene rings is 1. The molecule has 0 radical (unpaired) electrons. The molecule has 0 bridgehead atoms. The predicted octanol–water partition coefficient (Wildman–Crippen LogP) is 1.93. The van der Waals surface area contributed by atoms with Crippen molar-refractivity contribution in [2.75, 3.05) is 40.0 Å². The molecule has 1 aliphatic heterocycles. The van der Waals surface area contributed by atoms with Gasteiger partial charge in [-0.15, -0.1) is 0 Å². The van der Waals surface area contributed by atoms with E-state index in [1.165, 1.54) is 7.11 Å². The average molecular weight is 284 g/mol. The Morgan fingerprint density at radius 2 is 2.21 bits per heavy atom. The van der Waals surface area contributed by atoms with Gasteiger partial charge in [-0.1, -0.05) is 23.7 Å². The van der Waals surface area contributed by atoms with Crippen LogP contribution in [-0.2, 0) is 14.3 Å². The van der Waals surface area contributed by atoms with Gasteiger partial charge in [-0.25, -0.2) is 0 Å². The molecule has 104 valence electrons.